The van der Waals surface area contributed by atoms with Gasteiger partial charge in [-0.05, 0) is 20.8 Å². The Bertz CT molecular complexity index is 341. The van der Waals surface area contributed by atoms with Crippen molar-refractivity contribution in [2.45, 2.75) is 20.8 Å². The minimum Gasteiger partial charge on any atom is -0.195 e. The van der Waals surface area contributed by atoms with Crippen LogP contribution in [-0.2, 0) is 8.26 Å². The Morgan fingerprint density at radius 1 is 0.857 bits per heavy atom. The molecule has 0 aromatic heterocycles. The summed E-state index contributed by atoms with van der Waals surface area (Å²) in [6, 6.07) is 6.56. The van der Waals surface area contributed by atoms with Crippen LogP contribution in [0.2, 0.25) is 0 Å². The van der Waals surface area contributed by atoms with Crippen LogP contribution in [0, 0.1) is 20.8 Å². The van der Waals surface area contributed by atoms with Crippen LogP contribution in [0.15, 0.2) is 18.2 Å². The van der Waals surface area contributed by atoms with E-state index in [0.29, 0.717) is 0 Å². The molecule has 2 nitrogen and oxygen atoms in total. The number of aryl methyl sites for hydroxylation is 3. The van der Waals surface area contributed by atoms with Crippen LogP contribution < -0.4 is 0 Å². The van der Waals surface area contributed by atoms with Crippen LogP contribution in [0.25, 0.3) is 0 Å². The van der Waals surface area contributed by atoms with E-state index in [1.807, 2.05) is 0 Å². The van der Waals surface area contributed by atoms with Crippen molar-refractivity contribution in [1.82, 2.24) is 0 Å². The van der Waals surface area contributed by atoms with Crippen LogP contribution in [0.1, 0.15) is 16.7 Å². The zero-order valence-electron chi connectivity index (χ0n) is 8.21. The molecule has 1 aromatic rings. The highest BCUT2D eigenvalue weighted by atomic mass is 36.0. The fourth-order valence-corrected chi connectivity index (χ4v) is 1.20. The van der Waals surface area contributed by atoms with E-state index in [1.165, 1.54) is 16.7 Å². The number of hydrogen-bond donors (Lipinski definition) is 0. The molecule has 0 spiro atoms. The molecule has 0 aliphatic rings. The van der Waals surface area contributed by atoms with Gasteiger partial charge in [-0.25, -0.2) is 0 Å². The van der Waals surface area contributed by atoms with Gasteiger partial charge in [0, 0.05) is 21.4 Å². The zero-order chi connectivity index (χ0) is 11.4. The molecule has 5 heteroatoms. The van der Waals surface area contributed by atoms with Crippen LogP contribution in [0.3, 0.4) is 0 Å². The van der Waals surface area contributed by atoms with E-state index >= 15 is 0 Å². The molecule has 0 saturated heterocycles. The molecule has 0 bridgehead atoms. The van der Waals surface area contributed by atoms with Crippen molar-refractivity contribution in [3.63, 3.8) is 0 Å². The maximum Gasteiger partial charge on any atom is 0.317 e. The molecule has 0 aliphatic heterocycles. The van der Waals surface area contributed by atoms with Crippen LogP contribution in [-0.4, -0.2) is 8.42 Å². The second-order valence-corrected chi connectivity index (χ2v) is 6.71. The molecule has 0 saturated carbocycles. The molecule has 0 N–H and O–H groups in total. The molecule has 1 aromatic carbocycles. The minimum atomic E-state index is -3.72. The summed E-state index contributed by atoms with van der Waals surface area (Å²) in [5.41, 5.74) is 4.06. The predicted molar refractivity (Wildman–Crippen MR) is 61.3 cm³/mol. The van der Waals surface area contributed by atoms with E-state index in [9.17, 15) is 0 Å². The number of hydrogen-bond acceptors (Lipinski definition) is 2. The number of benzene rings is 1. The van der Waals surface area contributed by atoms with E-state index in [1.54, 1.807) is 0 Å². The average molecular weight is 255 g/mol. The zero-order valence-corrected chi connectivity index (χ0v) is 10.5. The Kier molecular flexibility index (Phi) is 5.49. The predicted octanol–water partition coefficient (Wildman–Crippen LogP) is 3.32. The SMILES string of the molecule is Cc1cc(C)cc(C)c1.O=S(=O)(Cl)Cl. The third-order valence-electron chi connectivity index (χ3n) is 1.37. The molecule has 0 aliphatic carbocycles. The van der Waals surface area contributed by atoms with E-state index in [0.717, 1.165) is 0 Å². The minimum absolute atomic E-state index is 1.35. The van der Waals surface area contributed by atoms with Gasteiger partial charge < -0.3 is 0 Å². The first kappa shape index (κ1) is 13.8. The summed E-state index contributed by atoms with van der Waals surface area (Å²) in [5.74, 6) is 0. The molecule has 0 radical (unpaired) electrons. The lowest BCUT2D eigenvalue weighted by atomic mass is 10.1. The fraction of sp³-hybridized carbons (Fsp3) is 0.333. The molecule has 80 valence electrons. The number of halogens is 2. The topological polar surface area (TPSA) is 34.1 Å². The van der Waals surface area contributed by atoms with Crippen molar-refractivity contribution in [2.75, 3.05) is 0 Å². The Morgan fingerprint density at radius 2 is 1.00 bits per heavy atom. The normalized spacial score (nSPS) is 10.4. The highest BCUT2D eigenvalue weighted by Crippen LogP contribution is 2.06. The summed E-state index contributed by atoms with van der Waals surface area (Å²) in [7, 11) is 4.81. The van der Waals surface area contributed by atoms with Gasteiger partial charge in [0.25, 0.3) is 0 Å². The third kappa shape index (κ3) is 9.84. The van der Waals surface area contributed by atoms with Gasteiger partial charge >= 0.3 is 8.26 Å². The molecule has 0 heterocycles. The van der Waals surface area contributed by atoms with Crippen LogP contribution >= 0.6 is 21.4 Å². The summed E-state index contributed by atoms with van der Waals surface area (Å²) in [6.07, 6.45) is 0. The van der Waals surface area contributed by atoms with Crippen LogP contribution in [0.5, 0.6) is 0 Å². The molecule has 0 atom stereocenters. The Morgan fingerprint density at radius 3 is 1.14 bits per heavy atom. The van der Waals surface area contributed by atoms with Crippen LogP contribution in [0.4, 0.5) is 0 Å². The van der Waals surface area contributed by atoms with Crippen molar-refractivity contribution in [1.29, 1.82) is 0 Å². The first-order valence-corrected chi connectivity index (χ1v) is 7.01. The number of rotatable bonds is 0. The Hall–Kier alpha value is -0.250. The highest BCUT2D eigenvalue weighted by molar-refractivity contribution is 8.31. The van der Waals surface area contributed by atoms with Crippen molar-refractivity contribution < 1.29 is 8.42 Å². The molecular weight excluding hydrogens is 243 g/mol. The van der Waals surface area contributed by atoms with E-state index in [-0.39, 0.29) is 0 Å². The van der Waals surface area contributed by atoms with Gasteiger partial charge in [0.05, 0.1) is 0 Å². The summed E-state index contributed by atoms with van der Waals surface area (Å²) < 4.78 is 18.3. The first-order chi connectivity index (χ1) is 6.18. The quantitative estimate of drug-likeness (QED) is 0.666. The summed E-state index contributed by atoms with van der Waals surface area (Å²) in [6.45, 7) is 6.38. The first-order valence-electron chi connectivity index (χ1n) is 3.87. The maximum atomic E-state index is 9.16. The smallest absolute Gasteiger partial charge is 0.195 e. The molecule has 0 amide bonds. The second kappa shape index (κ2) is 5.59. The average Bonchev–Trinajstić information content (AvgIpc) is 1.77. The standard InChI is InChI=1S/C9H12.Cl2O2S/c1-7-4-8(2)6-9(3)5-7;1-5(2,3)4/h4-6H,1-3H3;. The Balaban J connectivity index is 0.000000292. The monoisotopic (exact) mass is 254 g/mol. The van der Waals surface area contributed by atoms with Gasteiger partial charge in [0.1, 0.15) is 0 Å². The van der Waals surface area contributed by atoms with Gasteiger partial charge in [-0.1, -0.05) is 34.9 Å². The lowest BCUT2D eigenvalue weighted by Crippen LogP contribution is -1.78. The van der Waals surface area contributed by atoms with Gasteiger partial charge in [-0.15, -0.1) is 0 Å². The van der Waals surface area contributed by atoms with Crippen molar-refractivity contribution in [3.05, 3.63) is 34.9 Å². The van der Waals surface area contributed by atoms with E-state index in [2.05, 4.69) is 60.3 Å². The Labute approximate surface area is 93.8 Å². The van der Waals surface area contributed by atoms with Gasteiger partial charge in [-0.2, -0.15) is 8.42 Å². The molecule has 0 unspecified atom stereocenters. The van der Waals surface area contributed by atoms with Gasteiger partial charge in [0.15, 0.2) is 0 Å². The van der Waals surface area contributed by atoms with E-state index in [4.69, 9.17) is 8.42 Å². The van der Waals surface area contributed by atoms with E-state index < -0.39 is 8.26 Å². The highest BCUT2D eigenvalue weighted by Gasteiger charge is 1.89. The molecule has 1 rings (SSSR count). The largest absolute Gasteiger partial charge is 0.317 e. The molecule has 14 heavy (non-hydrogen) atoms. The summed E-state index contributed by atoms with van der Waals surface area (Å²) in [4.78, 5) is 0. The van der Waals surface area contributed by atoms with Gasteiger partial charge in [-0.3, -0.25) is 0 Å². The van der Waals surface area contributed by atoms with Crippen molar-refractivity contribution >= 4 is 29.6 Å². The fourth-order valence-electron chi connectivity index (χ4n) is 1.20. The van der Waals surface area contributed by atoms with Crippen molar-refractivity contribution in [2.24, 2.45) is 0 Å². The lowest BCUT2D eigenvalue weighted by Gasteiger charge is -1.96. The van der Waals surface area contributed by atoms with Gasteiger partial charge in [0.2, 0.25) is 0 Å². The third-order valence-corrected chi connectivity index (χ3v) is 1.37. The molecule has 0 fully saturated rings. The summed E-state index contributed by atoms with van der Waals surface area (Å²) >= 11 is 0. The maximum absolute atomic E-state index is 9.16. The molecular formula is C9H12Cl2O2S. The lowest BCUT2D eigenvalue weighted by molar-refractivity contribution is 0.621. The summed E-state index contributed by atoms with van der Waals surface area (Å²) in [5, 5.41) is 0. The van der Waals surface area contributed by atoms with Crippen molar-refractivity contribution in [3.8, 4) is 0 Å². The second-order valence-electron chi connectivity index (χ2n) is 3.04.